The molecule has 5 nitrogen and oxygen atoms in total. The summed E-state index contributed by atoms with van der Waals surface area (Å²) >= 11 is 0. The van der Waals surface area contributed by atoms with Crippen molar-refractivity contribution in [2.24, 2.45) is 0 Å². The summed E-state index contributed by atoms with van der Waals surface area (Å²) in [5.74, 6) is -0.781. The molecule has 0 aromatic heterocycles. The molecular formula is C18H17F3N2O3. The number of nitrogens with one attached hydrogen (secondary N) is 1. The predicted octanol–water partition coefficient (Wildman–Crippen LogP) is 3.26. The number of alkyl halides is 3. The number of ether oxygens (including phenoxy) is 1. The normalized spacial score (nSPS) is 14.6. The van der Waals surface area contributed by atoms with E-state index in [1.165, 1.54) is 12.1 Å². The van der Waals surface area contributed by atoms with Crippen molar-refractivity contribution in [2.75, 3.05) is 6.54 Å². The fourth-order valence-electron chi connectivity index (χ4n) is 3.01. The van der Waals surface area contributed by atoms with Crippen LogP contribution in [0.3, 0.4) is 0 Å². The molecule has 1 aliphatic heterocycles. The third-order valence-corrected chi connectivity index (χ3v) is 4.22. The molecular weight excluding hydrogens is 349 g/mol. The first-order valence-corrected chi connectivity index (χ1v) is 7.97. The molecule has 0 spiro atoms. The minimum atomic E-state index is -4.69. The van der Waals surface area contributed by atoms with Gasteiger partial charge in [-0.05, 0) is 47.4 Å². The van der Waals surface area contributed by atoms with Gasteiger partial charge in [-0.15, -0.1) is 13.2 Å². The van der Waals surface area contributed by atoms with Gasteiger partial charge in [0.05, 0.1) is 0 Å². The zero-order valence-electron chi connectivity index (χ0n) is 13.7. The monoisotopic (exact) mass is 366 g/mol. The van der Waals surface area contributed by atoms with Gasteiger partial charge in [0.2, 0.25) is 0 Å². The highest BCUT2D eigenvalue weighted by Crippen LogP contribution is 2.25. The summed E-state index contributed by atoms with van der Waals surface area (Å²) in [5.41, 5.74) is 5.05. The molecule has 0 unspecified atom stereocenters. The number of rotatable bonds is 4. The fraction of sp³-hybridized carbons (Fsp3) is 0.278. The number of halogens is 3. The van der Waals surface area contributed by atoms with Gasteiger partial charge < -0.3 is 4.74 Å². The van der Waals surface area contributed by atoms with E-state index in [0.717, 1.165) is 29.7 Å². The Balaban J connectivity index is 1.63. The van der Waals surface area contributed by atoms with Gasteiger partial charge in [0.25, 0.3) is 5.91 Å². The maximum atomic E-state index is 12.2. The van der Waals surface area contributed by atoms with E-state index in [1.807, 2.05) is 6.07 Å². The largest absolute Gasteiger partial charge is 0.573 e. The zero-order chi connectivity index (χ0) is 18.7. The molecule has 0 bridgehead atoms. The van der Waals surface area contributed by atoms with E-state index in [2.05, 4.69) is 9.64 Å². The average Bonchev–Trinajstić information content (AvgIpc) is 2.61. The summed E-state index contributed by atoms with van der Waals surface area (Å²) < 4.78 is 40.4. The Morgan fingerprint density at radius 1 is 1.15 bits per heavy atom. The van der Waals surface area contributed by atoms with E-state index in [1.54, 1.807) is 29.7 Å². The lowest BCUT2D eigenvalue weighted by atomic mass is 9.96. The van der Waals surface area contributed by atoms with Crippen LogP contribution in [-0.2, 0) is 19.5 Å². The van der Waals surface area contributed by atoms with Gasteiger partial charge in [-0.1, -0.05) is 18.2 Å². The van der Waals surface area contributed by atoms with Crippen molar-refractivity contribution < 1.29 is 27.9 Å². The van der Waals surface area contributed by atoms with Crippen molar-refractivity contribution in [3.05, 3.63) is 64.7 Å². The van der Waals surface area contributed by atoms with Crippen LogP contribution in [0.2, 0.25) is 0 Å². The lowest BCUT2D eigenvalue weighted by molar-refractivity contribution is -0.274. The van der Waals surface area contributed by atoms with Crippen molar-refractivity contribution in [1.82, 2.24) is 10.4 Å². The Bertz CT molecular complexity index is 791. The van der Waals surface area contributed by atoms with E-state index < -0.39 is 12.3 Å². The molecule has 3 rings (SSSR count). The Morgan fingerprint density at radius 3 is 2.54 bits per heavy atom. The average molecular weight is 366 g/mol. The minimum absolute atomic E-state index is 0.236. The van der Waals surface area contributed by atoms with E-state index >= 15 is 0 Å². The fourth-order valence-corrected chi connectivity index (χ4v) is 3.01. The molecule has 26 heavy (non-hydrogen) atoms. The Labute approximate surface area is 148 Å². The topological polar surface area (TPSA) is 61.8 Å². The summed E-state index contributed by atoms with van der Waals surface area (Å²) in [7, 11) is 0. The number of hydrogen-bond acceptors (Lipinski definition) is 4. The number of hydroxylamine groups is 1. The number of carbonyl (C=O) groups is 1. The summed E-state index contributed by atoms with van der Waals surface area (Å²) in [5, 5.41) is 8.70. The zero-order valence-corrected chi connectivity index (χ0v) is 13.7. The standard InChI is InChI=1S/C18H17F3N2O3/c19-18(20,21)26-16-5-1-12(2-6-16)10-23-8-7-13-9-14(17(24)22-25)3-4-15(13)11-23/h1-6,9,25H,7-8,10-11H2,(H,22,24). The Hall–Kier alpha value is -2.58. The van der Waals surface area contributed by atoms with Gasteiger partial charge >= 0.3 is 6.36 Å². The molecule has 1 heterocycles. The first-order valence-electron chi connectivity index (χ1n) is 7.97. The molecule has 2 N–H and O–H groups in total. The summed E-state index contributed by atoms with van der Waals surface area (Å²) in [4.78, 5) is 13.6. The molecule has 138 valence electrons. The molecule has 1 amide bonds. The quantitative estimate of drug-likeness (QED) is 0.644. The molecule has 0 aliphatic carbocycles. The molecule has 1 aliphatic rings. The number of nitrogens with zero attached hydrogens (tertiary/aromatic N) is 1. The van der Waals surface area contributed by atoms with Crippen molar-refractivity contribution in [1.29, 1.82) is 0 Å². The smallest absolute Gasteiger partial charge is 0.406 e. The van der Waals surface area contributed by atoms with Gasteiger partial charge in [0, 0.05) is 25.2 Å². The van der Waals surface area contributed by atoms with Crippen molar-refractivity contribution in [2.45, 2.75) is 25.9 Å². The summed E-state index contributed by atoms with van der Waals surface area (Å²) in [6, 6.07) is 11.1. The first kappa shape index (κ1) is 18.2. The van der Waals surface area contributed by atoms with Crippen LogP contribution in [-0.4, -0.2) is 28.9 Å². The van der Waals surface area contributed by atoms with Gasteiger partial charge in [0.1, 0.15) is 5.75 Å². The second-order valence-electron chi connectivity index (χ2n) is 6.08. The minimum Gasteiger partial charge on any atom is -0.406 e. The Morgan fingerprint density at radius 2 is 1.88 bits per heavy atom. The third-order valence-electron chi connectivity index (χ3n) is 4.22. The van der Waals surface area contributed by atoms with Gasteiger partial charge in [-0.2, -0.15) is 0 Å². The molecule has 0 atom stereocenters. The summed E-state index contributed by atoms with van der Waals surface area (Å²) in [6.07, 6.45) is -3.94. The summed E-state index contributed by atoms with van der Waals surface area (Å²) in [6.45, 7) is 2.04. The van der Waals surface area contributed by atoms with Crippen molar-refractivity contribution >= 4 is 5.91 Å². The number of carbonyl (C=O) groups excluding carboxylic acids is 1. The van der Waals surface area contributed by atoms with Gasteiger partial charge in [-0.3, -0.25) is 14.9 Å². The van der Waals surface area contributed by atoms with E-state index in [-0.39, 0.29) is 5.75 Å². The molecule has 0 saturated heterocycles. The SMILES string of the molecule is O=C(NO)c1ccc2c(c1)CCN(Cc1ccc(OC(F)(F)F)cc1)C2. The number of benzene rings is 2. The molecule has 2 aromatic rings. The molecule has 2 aromatic carbocycles. The van der Waals surface area contributed by atoms with Gasteiger partial charge in [-0.25, -0.2) is 5.48 Å². The lowest BCUT2D eigenvalue weighted by Crippen LogP contribution is -2.30. The van der Waals surface area contributed by atoms with Crippen molar-refractivity contribution in [3.63, 3.8) is 0 Å². The maximum Gasteiger partial charge on any atom is 0.573 e. The van der Waals surface area contributed by atoms with E-state index in [9.17, 15) is 18.0 Å². The highest BCUT2D eigenvalue weighted by Gasteiger charge is 2.31. The van der Waals surface area contributed by atoms with Crippen LogP contribution < -0.4 is 10.2 Å². The van der Waals surface area contributed by atoms with Crippen LogP contribution in [0.1, 0.15) is 27.0 Å². The Kier molecular flexibility index (Phi) is 5.15. The maximum absolute atomic E-state index is 12.2. The van der Waals surface area contributed by atoms with E-state index in [0.29, 0.717) is 18.7 Å². The van der Waals surface area contributed by atoms with Crippen LogP contribution in [0.15, 0.2) is 42.5 Å². The first-order chi connectivity index (χ1) is 12.3. The van der Waals surface area contributed by atoms with Crippen LogP contribution in [0.25, 0.3) is 0 Å². The number of hydrogen-bond donors (Lipinski definition) is 2. The highest BCUT2D eigenvalue weighted by molar-refractivity contribution is 5.93. The lowest BCUT2D eigenvalue weighted by Gasteiger charge is -2.29. The van der Waals surface area contributed by atoms with Crippen LogP contribution in [0.5, 0.6) is 5.75 Å². The molecule has 0 saturated carbocycles. The molecule has 0 radical (unpaired) electrons. The van der Waals surface area contributed by atoms with Crippen LogP contribution >= 0.6 is 0 Å². The molecule has 8 heteroatoms. The molecule has 0 fully saturated rings. The second-order valence-corrected chi connectivity index (χ2v) is 6.08. The van der Waals surface area contributed by atoms with Crippen LogP contribution in [0, 0.1) is 0 Å². The van der Waals surface area contributed by atoms with Crippen molar-refractivity contribution in [3.8, 4) is 5.75 Å². The van der Waals surface area contributed by atoms with Crippen LogP contribution in [0.4, 0.5) is 13.2 Å². The van der Waals surface area contributed by atoms with E-state index in [4.69, 9.17) is 5.21 Å². The third kappa shape index (κ3) is 4.53. The number of amides is 1. The number of fused-ring (bicyclic) bond motifs is 1. The predicted molar refractivity (Wildman–Crippen MR) is 86.6 cm³/mol. The highest BCUT2D eigenvalue weighted by atomic mass is 19.4. The van der Waals surface area contributed by atoms with Gasteiger partial charge in [0.15, 0.2) is 0 Å². The second kappa shape index (κ2) is 7.35.